The van der Waals surface area contributed by atoms with E-state index in [2.05, 4.69) is 5.32 Å². The maximum atomic E-state index is 12.1. The Bertz CT molecular complexity index is 563. The van der Waals surface area contributed by atoms with E-state index in [0.717, 1.165) is 28.0 Å². The van der Waals surface area contributed by atoms with Gasteiger partial charge in [0.2, 0.25) is 0 Å². The molecule has 1 heterocycles. The maximum absolute atomic E-state index is 12.1. The maximum Gasteiger partial charge on any atom is 0.261 e. The lowest BCUT2D eigenvalue weighted by Crippen LogP contribution is -2.23. The van der Waals surface area contributed by atoms with Crippen LogP contribution in [0.3, 0.4) is 0 Å². The second-order valence-corrected chi connectivity index (χ2v) is 5.15. The standard InChI is InChI=1S/C15H17NO2S/c1-2-11-7-8-19-14(11)15(18)16-9-12-5-3-4-6-13(12)10-17/h3-8,17H,2,9-10H2,1H3,(H,16,18). The number of hydrogen-bond acceptors (Lipinski definition) is 3. The van der Waals surface area contributed by atoms with Gasteiger partial charge in [-0.3, -0.25) is 4.79 Å². The fourth-order valence-corrected chi connectivity index (χ4v) is 2.86. The summed E-state index contributed by atoms with van der Waals surface area (Å²) in [5, 5.41) is 14.1. The van der Waals surface area contributed by atoms with E-state index < -0.39 is 0 Å². The summed E-state index contributed by atoms with van der Waals surface area (Å²) in [7, 11) is 0. The van der Waals surface area contributed by atoms with Crippen LogP contribution in [0.4, 0.5) is 0 Å². The highest BCUT2D eigenvalue weighted by Crippen LogP contribution is 2.17. The Morgan fingerprint density at radius 1 is 1.21 bits per heavy atom. The first-order valence-corrected chi connectivity index (χ1v) is 7.16. The highest BCUT2D eigenvalue weighted by molar-refractivity contribution is 7.12. The van der Waals surface area contributed by atoms with Crippen LogP contribution in [0.5, 0.6) is 0 Å². The molecule has 4 heteroatoms. The van der Waals surface area contributed by atoms with E-state index >= 15 is 0 Å². The molecule has 19 heavy (non-hydrogen) atoms. The summed E-state index contributed by atoms with van der Waals surface area (Å²) in [6.07, 6.45) is 0.861. The van der Waals surface area contributed by atoms with E-state index in [-0.39, 0.29) is 12.5 Å². The Labute approximate surface area is 116 Å². The summed E-state index contributed by atoms with van der Waals surface area (Å²) in [5.41, 5.74) is 2.88. The molecule has 0 aliphatic rings. The first-order chi connectivity index (χ1) is 9.26. The number of carbonyl (C=O) groups excluding carboxylic acids is 1. The minimum absolute atomic E-state index is 0.00867. The largest absolute Gasteiger partial charge is 0.392 e. The second kappa shape index (κ2) is 6.50. The summed E-state index contributed by atoms with van der Waals surface area (Å²) >= 11 is 1.47. The van der Waals surface area contributed by atoms with Crippen LogP contribution >= 0.6 is 11.3 Å². The summed E-state index contributed by atoms with van der Waals surface area (Å²) in [5.74, 6) is -0.0420. The van der Waals surface area contributed by atoms with Gasteiger partial charge in [0, 0.05) is 6.54 Å². The first-order valence-electron chi connectivity index (χ1n) is 6.28. The van der Waals surface area contributed by atoms with Crippen molar-refractivity contribution in [2.45, 2.75) is 26.5 Å². The number of benzene rings is 1. The minimum atomic E-state index is -0.0420. The van der Waals surface area contributed by atoms with Crippen molar-refractivity contribution in [2.24, 2.45) is 0 Å². The third kappa shape index (κ3) is 3.22. The number of thiophene rings is 1. The van der Waals surface area contributed by atoms with Gasteiger partial charge in [-0.05, 0) is 34.6 Å². The molecule has 0 fully saturated rings. The van der Waals surface area contributed by atoms with Gasteiger partial charge >= 0.3 is 0 Å². The van der Waals surface area contributed by atoms with Crippen LogP contribution in [0.25, 0.3) is 0 Å². The molecule has 1 aromatic carbocycles. The molecule has 0 aliphatic carbocycles. The molecule has 2 aromatic rings. The monoisotopic (exact) mass is 275 g/mol. The van der Waals surface area contributed by atoms with Crippen molar-refractivity contribution in [3.05, 3.63) is 57.3 Å². The molecule has 0 saturated carbocycles. The van der Waals surface area contributed by atoms with Crippen LogP contribution < -0.4 is 5.32 Å². The van der Waals surface area contributed by atoms with Gasteiger partial charge in [-0.1, -0.05) is 31.2 Å². The SMILES string of the molecule is CCc1ccsc1C(=O)NCc1ccccc1CO. The van der Waals surface area contributed by atoms with Gasteiger partial charge in [-0.2, -0.15) is 0 Å². The molecule has 3 nitrogen and oxygen atoms in total. The molecule has 0 aliphatic heterocycles. The minimum Gasteiger partial charge on any atom is -0.392 e. The summed E-state index contributed by atoms with van der Waals surface area (Å²) in [6.45, 7) is 2.47. The highest BCUT2D eigenvalue weighted by Gasteiger charge is 2.12. The van der Waals surface area contributed by atoms with Crippen LogP contribution in [0, 0.1) is 0 Å². The Morgan fingerprint density at radius 3 is 2.63 bits per heavy atom. The molecule has 0 bridgehead atoms. The molecule has 100 valence electrons. The Hall–Kier alpha value is -1.65. The molecule has 0 spiro atoms. The lowest BCUT2D eigenvalue weighted by Gasteiger charge is -2.09. The predicted molar refractivity (Wildman–Crippen MR) is 77.2 cm³/mol. The van der Waals surface area contributed by atoms with E-state index in [4.69, 9.17) is 0 Å². The molecule has 0 radical (unpaired) electrons. The van der Waals surface area contributed by atoms with Crippen molar-refractivity contribution in [3.8, 4) is 0 Å². The van der Waals surface area contributed by atoms with Crippen LogP contribution in [0.1, 0.15) is 33.3 Å². The normalized spacial score (nSPS) is 10.4. The average Bonchev–Trinajstić information content (AvgIpc) is 2.93. The van der Waals surface area contributed by atoms with Crippen molar-refractivity contribution in [1.82, 2.24) is 5.32 Å². The third-order valence-electron chi connectivity index (χ3n) is 3.06. The van der Waals surface area contributed by atoms with Gasteiger partial charge in [0.15, 0.2) is 0 Å². The Morgan fingerprint density at radius 2 is 1.95 bits per heavy atom. The van der Waals surface area contributed by atoms with Gasteiger partial charge in [0.25, 0.3) is 5.91 Å². The molecule has 1 amide bonds. The van der Waals surface area contributed by atoms with Gasteiger partial charge in [-0.15, -0.1) is 11.3 Å². The van der Waals surface area contributed by atoms with Gasteiger partial charge in [0.05, 0.1) is 11.5 Å². The zero-order chi connectivity index (χ0) is 13.7. The number of hydrogen-bond donors (Lipinski definition) is 2. The first kappa shape index (κ1) is 13.8. The molecule has 2 rings (SSSR count). The van der Waals surface area contributed by atoms with Gasteiger partial charge in [0.1, 0.15) is 0 Å². The van der Waals surface area contributed by atoms with E-state index in [9.17, 15) is 9.90 Å². The van der Waals surface area contributed by atoms with Gasteiger partial charge in [-0.25, -0.2) is 0 Å². The van der Waals surface area contributed by atoms with Crippen molar-refractivity contribution in [3.63, 3.8) is 0 Å². The summed E-state index contributed by atoms with van der Waals surface area (Å²) < 4.78 is 0. The van der Waals surface area contributed by atoms with E-state index in [1.807, 2.05) is 42.6 Å². The number of aliphatic hydroxyl groups is 1. The quantitative estimate of drug-likeness (QED) is 0.881. The number of aryl methyl sites for hydroxylation is 1. The van der Waals surface area contributed by atoms with Crippen molar-refractivity contribution < 1.29 is 9.90 Å². The molecular weight excluding hydrogens is 258 g/mol. The topological polar surface area (TPSA) is 49.3 Å². The molecular formula is C15H17NO2S. The smallest absolute Gasteiger partial charge is 0.261 e. The van der Waals surface area contributed by atoms with E-state index in [0.29, 0.717) is 6.54 Å². The highest BCUT2D eigenvalue weighted by atomic mass is 32.1. The van der Waals surface area contributed by atoms with E-state index in [1.165, 1.54) is 11.3 Å². The van der Waals surface area contributed by atoms with Crippen molar-refractivity contribution in [1.29, 1.82) is 0 Å². The van der Waals surface area contributed by atoms with Crippen LogP contribution in [-0.2, 0) is 19.6 Å². The number of nitrogens with one attached hydrogen (secondary N) is 1. The zero-order valence-corrected chi connectivity index (χ0v) is 11.7. The average molecular weight is 275 g/mol. The zero-order valence-electron chi connectivity index (χ0n) is 10.8. The number of rotatable bonds is 5. The number of aliphatic hydroxyl groups excluding tert-OH is 1. The molecule has 0 saturated heterocycles. The van der Waals surface area contributed by atoms with E-state index in [1.54, 1.807) is 0 Å². The number of carbonyl (C=O) groups is 1. The third-order valence-corrected chi connectivity index (χ3v) is 4.02. The number of amides is 1. The summed E-state index contributed by atoms with van der Waals surface area (Å²) in [6, 6.07) is 9.56. The van der Waals surface area contributed by atoms with Crippen LogP contribution in [0.2, 0.25) is 0 Å². The van der Waals surface area contributed by atoms with Crippen LogP contribution in [0.15, 0.2) is 35.7 Å². The predicted octanol–water partition coefficient (Wildman–Crippen LogP) is 2.73. The fourth-order valence-electron chi connectivity index (χ4n) is 1.95. The summed E-state index contributed by atoms with van der Waals surface area (Å²) in [4.78, 5) is 12.9. The molecule has 0 atom stereocenters. The van der Waals surface area contributed by atoms with Gasteiger partial charge < -0.3 is 10.4 Å². The Balaban J connectivity index is 2.04. The molecule has 0 unspecified atom stereocenters. The van der Waals surface area contributed by atoms with Crippen molar-refractivity contribution >= 4 is 17.2 Å². The fraction of sp³-hybridized carbons (Fsp3) is 0.267. The van der Waals surface area contributed by atoms with Crippen molar-refractivity contribution in [2.75, 3.05) is 0 Å². The second-order valence-electron chi connectivity index (χ2n) is 4.24. The lowest BCUT2D eigenvalue weighted by atomic mass is 10.1. The molecule has 1 aromatic heterocycles. The Kier molecular flexibility index (Phi) is 4.71. The van der Waals surface area contributed by atoms with Crippen LogP contribution in [-0.4, -0.2) is 11.0 Å². The molecule has 2 N–H and O–H groups in total. The lowest BCUT2D eigenvalue weighted by molar-refractivity contribution is 0.0954.